The van der Waals surface area contributed by atoms with Crippen molar-refractivity contribution in [1.29, 1.82) is 0 Å². The van der Waals surface area contributed by atoms with Crippen molar-refractivity contribution in [2.45, 2.75) is 146 Å². The molecule has 18 heteroatoms. The Hall–Kier alpha value is -4.35. The molecule has 334 valence electrons. The number of benzene rings is 1. The maximum atomic E-state index is 15.1. The quantitative estimate of drug-likeness (QED) is 0.322. The average molecular weight is 873 g/mol. The van der Waals surface area contributed by atoms with Crippen molar-refractivity contribution < 1.29 is 50.6 Å². The lowest BCUT2D eigenvalue weighted by Crippen LogP contribution is -2.61. The Morgan fingerprint density at radius 1 is 1.03 bits per heavy atom. The van der Waals surface area contributed by atoms with Gasteiger partial charge in [-0.1, -0.05) is 40.5 Å². The molecule has 10 atom stereocenters. The molecule has 5 fully saturated rings. The number of carbonyl (C=O) groups excluding carboxylic acids is 4. The normalized spacial score (nSPS) is 33.1. The number of hydrogen-bond acceptors (Lipinski definition) is 11. The number of ether oxygens (including phenoxy) is 3. The number of nitrogens with zero attached hydrogens (tertiary/aromatic N) is 3. The molecule has 1 aromatic heterocycles. The summed E-state index contributed by atoms with van der Waals surface area (Å²) in [7, 11) is -2.61. The standard InChI is InChI=1S/C43H58F2N6O9S/c1-6-26-32-21-51(33(26)37(52)49-43(20-28(43)36(44)45)40(54)50-61(56,57)25-15-16-25)39(53)35(42(2,3)4)48-41(55)60-34-23-13-12-22(18-23)27(34)10-8-7-9-11-30-38(59-32)47-31-19-24(58-5)14-17-29(31)46-30/h14,17,19,22-23,25-28,32-36H,6-13,15-16,18,20-21H2,1-5H3,(H,48,55)(H,49,52)(H,50,54). The van der Waals surface area contributed by atoms with E-state index in [1.807, 2.05) is 10.8 Å². The number of alkyl halides is 2. The number of carbonyl (C=O) groups is 4. The minimum Gasteiger partial charge on any atom is -0.497 e. The summed E-state index contributed by atoms with van der Waals surface area (Å²) < 4.78 is 74.8. The topological polar surface area (TPSA) is 195 Å². The van der Waals surface area contributed by atoms with E-state index in [4.69, 9.17) is 24.2 Å². The summed E-state index contributed by atoms with van der Waals surface area (Å²) in [4.78, 5) is 68.5. The molecular weight excluding hydrogens is 815 g/mol. The van der Waals surface area contributed by atoms with Gasteiger partial charge in [0.05, 0.1) is 35.9 Å². The molecule has 1 aromatic carbocycles. The van der Waals surface area contributed by atoms with E-state index in [0.717, 1.165) is 44.9 Å². The summed E-state index contributed by atoms with van der Waals surface area (Å²) in [5.74, 6) is -3.55. The number of rotatable bonds is 8. The smallest absolute Gasteiger partial charge is 0.408 e. The Morgan fingerprint density at radius 3 is 2.46 bits per heavy atom. The highest BCUT2D eigenvalue weighted by Gasteiger charge is 2.67. The molecule has 0 spiro atoms. The van der Waals surface area contributed by atoms with Gasteiger partial charge in [-0.15, -0.1) is 0 Å². The summed E-state index contributed by atoms with van der Waals surface area (Å²) in [5, 5.41) is 4.57. The second-order valence-electron chi connectivity index (χ2n) is 19.2. The number of alkyl carbamates (subject to hydrolysis) is 1. The molecule has 3 N–H and O–H groups in total. The molecule has 0 radical (unpaired) electrons. The fourth-order valence-corrected chi connectivity index (χ4v) is 11.9. The van der Waals surface area contributed by atoms with Crippen LogP contribution in [0.4, 0.5) is 13.6 Å². The van der Waals surface area contributed by atoms with Gasteiger partial charge in [0, 0.05) is 12.0 Å². The van der Waals surface area contributed by atoms with E-state index in [1.165, 1.54) is 4.90 Å². The Balaban J connectivity index is 1.17. The van der Waals surface area contributed by atoms with Crippen molar-refractivity contribution in [3.63, 3.8) is 0 Å². The second kappa shape index (κ2) is 16.4. The van der Waals surface area contributed by atoms with Gasteiger partial charge >= 0.3 is 6.09 Å². The lowest BCUT2D eigenvalue weighted by molar-refractivity contribution is -0.144. The third-order valence-corrected chi connectivity index (χ3v) is 16.0. The molecule has 4 bridgehead atoms. The Kier molecular flexibility index (Phi) is 11.6. The first kappa shape index (κ1) is 43.3. The van der Waals surface area contributed by atoms with Crippen LogP contribution in [0.25, 0.3) is 11.0 Å². The molecule has 10 unspecified atom stereocenters. The minimum atomic E-state index is -4.15. The van der Waals surface area contributed by atoms with Crippen molar-refractivity contribution in [1.82, 2.24) is 30.2 Å². The Morgan fingerprint density at radius 2 is 1.79 bits per heavy atom. The zero-order valence-corrected chi connectivity index (χ0v) is 36.3. The van der Waals surface area contributed by atoms with Crippen LogP contribution < -0.4 is 24.8 Å². The first-order chi connectivity index (χ1) is 28.9. The van der Waals surface area contributed by atoms with Gasteiger partial charge in [0.1, 0.15) is 41.3 Å². The van der Waals surface area contributed by atoms with E-state index >= 15 is 4.79 Å². The fourth-order valence-electron chi connectivity index (χ4n) is 10.5. The Bertz CT molecular complexity index is 2170. The highest BCUT2D eigenvalue weighted by Crippen LogP contribution is 2.52. The second-order valence-corrected chi connectivity index (χ2v) is 21.1. The molecule has 2 aliphatic heterocycles. The van der Waals surface area contributed by atoms with Crippen LogP contribution in [0.15, 0.2) is 18.2 Å². The summed E-state index contributed by atoms with van der Waals surface area (Å²) in [6.45, 7) is 6.97. The number of amides is 4. The van der Waals surface area contributed by atoms with Gasteiger partial charge in [0.2, 0.25) is 34.1 Å². The van der Waals surface area contributed by atoms with Crippen molar-refractivity contribution in [3.05, 3.63) is 23.9 Å². The van der Waals surface area contributed by atoms with Crippen LogP contribution >= 0.6 is 0 Å². The number of halogens is 2. The number of hydrogen-bond donors (Lipinski definition) is 3. The van der Waals surface area contributed by atoms with Crippen LogP contribution in [-0.4, -0.2) is 102 Å². The van der Waals surface area contributed by atoms with Gasteiger partial charge in [0.25, 0.3) is 5.91 Å². The molecule has 15 nitrogen and oxygen atoms in total. The summed E-state index contributed by atoms with van der Waals surface area (Å²) in [6.07, 6.45) is 2.54. The van der Waals surface area contributed by atoms with Gasteiger partial charge in [-0.25, -0.2) is 32.0 Å². The highest BCUT2D eigenvalue weighted by molar-refractivity contribution is 7.91. The third-order valence-electron chi connectivity index (χ3n) is 14.1. The van der Waals surface area contributed by atoms with E-state index < -0.39 is 92.9 Å². The first-order valence-corrected chi connectivity index (χ1v) is 23.4. The van der Waals surface area contributed by atoms with Crippen LogP contribution in [0, 0.1) is 35.0 Å². The first-order valence-electron chi connectivity index (χ1n) is 21.9. The van der Waals surface area contributed by atoms with E-state index in [2.05, 4.69) is 10.6 Å². The zero-order valence-electron chi connectivity index (χ0n) is 35.5. The van der Waals surface area contributed by atoms with E-state index in [0.29, 0.717) is 47.7 Å². The molecular formula is C43H58F2N6O9S. The molecule has 4 amide bonds. The van der Waals surface area contributed by atoms with Crippen molar-refractivity contribution in [3.8, 4) is 11.6 Å². The average Bonchev–Trinajstić information content (AvgIpc) is 4.08. The molecule has 4 aliphatic carbocycles. The lowest BCUT2D eigenvalue weighted by atomic mass is 9.82. The number of methoxy groups -OCH3 is 1. The lowest BCUT2D eigenvalue weighted by Gasteiger charge is -2.37. The number of sulfonamides is 1. The maximum absolute atomic E-state index is 15.1. The van der Waals surface area contributed by atoms with Crippen LogP contribution in [0.3, 0.4) is 0 Å². The minimum absolute atomic E-state index is 0.169. The Labute approximate surface area is 355 Å². The number of nitrogens with one attached hydrogen (secondary N) is 3. The van der Waals surface area contributed by atoms with Crippen molar-refractivity contribution in [2.24, 2.45) is 35.0 Å². The van der Waals surface area contributed by atoms with E-state index in [-0.39, 0.29) is 36.8 Å². The maximum Gasteiger partial charge on any atom is 0.408 e. The SMILES string of the molecule is CCC1C2CN(C(=O)C(C(C)(C)C)NC(=O)OC3C4CCC(C4)C3CCCCCc3nc4ccc(OC)cc4nc3O2)C1C(=O)NC1(C(=O)NS(=O)(=O)C2CC2)CC1C(F)F. The van der Waals surface area contributed by atoms with Crippen LogP contribution in [0.2, 0.25) is 0 Å². The van der Waals surface area contributed by atoms with Crippen molar-refractivity contribution >= 4 is 44.9 Å². The zero-order chi connectivity index (χ0) is 43.6. The summed E-state index contributed by atoms with van der Waals surface area (Å²) >= 11 is 0. The van der Waals surface area contributed by atoms with Gasteiger partial charge in [-0.05, 0) is 99.5 Å². The molecule has 6 aliphatic rings. The van der Waals surface area contributed by atoms with Gasteiger partial charge < -0.3 is 29.7 Å². The summed E-state index contributed by atoms with van der Waals surface area (Å²) in [6, 6.07) is 2.76. The predicted molar refractivity (Wildman–Crippen MR) is 218 cm³/mol. The van der Waals surface area contributed by atoms with Crippen molar-refractivity contribution in [2.75, 3.05) is 13.7 Å². The predicted octanol–water partition coefficient (Wildman–Crippen LogP) is 5.04. The summed E-state index contributed by atoms with van der Waals surface area (Å²) in [5.41, 5.74) is -1.39. The van der Waals surface area contributed by atoms with Crippen LogP contribution in [-0.2, 0) is 35.6 Å². The monoisotopic (exact) mass is 872 g/mol. The number of aromatic nitrogens is 2. The molecule has 2 aromatic rings. The van der Waals surface area contributed by atoms with Gasteiger partial charge in [0.15, 0.2) is 0 Å². The molecule has 3 heterocycles. The van der Waals surface area contributed by atoms with Gasteiger partial charge in [-0.2, -0.15) is 0 Å². The van der Waals surface area contributed by atoms with Crippen LogP contribution in [0.5, 0.6) is 11.6 Å². The van der Waals surface area contributed by atoms with Gasteiger partial charge in [-0.3, -0.25) is 19.1 Å². The van der Waals surface area contributed by atoms with E-state index in [1.54, 1.807) is 46.9 Å². The highest BCUT2D eigenvalue weighted by atomic mass is 32.2. The number of aryl methyl sites for hydroxylation is 1. The molecule has 61 heavy (non-hydrogen) atoms. The molecule has 8 rings (SSSR count). The largest absolute Gasteiger partial charge is 0.497 e. The van der Waals surface area contributed by atoms with Crippen LogP contribution in [0.1, 0.15) is 104 Å². The fraction of sp³-hybridized carbons (Fsp3) is 0.721. The molecule has 1 saturated heterocycles. The molecule has 4 saturated carbocycles. The van der Waals surface area contributed by atoms with E-state index in [9.17, 15) is 31.6 Å². The third kappa shape index (κ3) is 8.45. The number of fused-ring (bicyclic) bond motifs is 9.